The van der Waals surface area contributed by atoms with E-state index in [1.165, 1.54) is 102 Å². The Labute approximate surface area is 158 Å². The summed E-state index contributed by atoms with van der Waals surface area (Å²) < 4.78 is 4.95. The van der Waals surface area contributed by atoms with Gasteiger partial charge in [0.05, 0.1) is 12.6 Å². The summed E-state index contributed by atoms with van der Waals surface area (Å²) in [6, 6.07) is 0.574. The summed E-state index contributed by atoms with van der Waals surface area (Å²) >= 11 is 0. The van der Waals surface area contributed by atoms with Crippen molar-refractivity contribution < 1.29 is 4.57 Å². The lowest BCUT2D eigenvalue weighted by atomic mass is 10.1. The van der Waals surface area contributed by atoms with Crippen LogP contribution < -0.4 is 4.57 Å². The van der Waals surface area contributed by atoms with Crippen molar-refractivity contribution in [2.24, 2.45) is 0 Å². The quantitative estimate of drug-likeness (QED) is 0.224. The topological polar surface area (TPSA) is 8.81 Å². The molecule has 0 aromatic carbocycles. The fourth-order valence-corrected chi connectivity index (χ4v) is 3.77. The number of imidazole rings is 1. The molecule has 2 heteroatoms. The summed E-state index contributed by atoms with van der Waals surface area (Å²) in [5, 5.41) is 0. The van der Waals surface area contributed by atoms with E-state index in [4.69, 9.17) is 0 Å². The molecule has 0 aliphatic rings. The summed E-state index contributed by atoms with van der Waals surface area (Å²) in [4.78, 5) is 0. The van der Waals surface area contributed by atoms with Gasteiger partial charge in [0.2, 0.25) is 0 Å². The van der Waals surface area contributed by atoms with Gasteiger partial charge in [0, 0.05) is 6.42 Å². The van der Waals surface area contributed by atoms with E-state index in [0.717, 1.165) is 0 Å². The number of hydrogen-bond acceptors (Lipinski definition) is 0. The minimum absolute atomic E-state index is 0.574. The highest BCUT2D eigenvalue weighted by Gasteiger charge is 2.17. The molecule has 0 bridgehead atoms. The molecule has 0 unspecified atom stereocenters. The van der Waals surface area contributed by atoms with Gasteiger partial charge in [-0.3, -0.25) is 0 Å². The van der Waals surface area contributed by atoms with Crippen molar-refractivity contribution in [3.63, 3.8) is 0 Å². The number of hydrogen-bond donors (Lipinski definition) is 0. The van der Waals surface area contributed by atoms with Crippen LogP contribution in [0.1, 0.15) is 123 Å². The average molecular weight is 350 g/mol. The van der Waals surface area contributed by atoms with Gasteiger partial charge in [-0.2, -0.15) is 0 Å². The van der Waals surface area contributed by atoms with Gasteiger partial charge in [-0.05, 0) is 33.1 Å². The molecule has 25 heavy (non-hydrogen) atoms. The molecule has 0 saturated carbocycles. The smallest absolute Gasteiger partial charge is 0.234 e. The Hall–Kier alpha value is -0.790. The van der Waals surface area contributed by atoms with Crippen molar-refractivity contribution in [3.05, 3.63) is 18.2 Å². The SMILES string of the molecule is CCCCCCCCCCCCCC[n+]1ccn(C(C)C)c1CCC. The van der Waals surface area contributed by atoms with Crippen LogP contribution in [0, 0.1) is 0 Å². The zero-order valence-corrected chi connectivity index (χ0v) is 17.7. The molecular formula is C23H45N2+. The highest BCUT2D eigenvalue weighted by Crippen LogP contribution is 2.13. The Balaban J connectivity index is 2.06. The van der Waals surface area contributed by atoms with Crippen LogP contribution in [-0.4, -0.2) is 4.57 Å². The average Bonchev–Trinajstić information content (AvgIpc) is 2.99. The molecule has 0 fully saturated rings. The van der Waals surface area contributed by atoms with E-state index in [0.29, 0.717) is 6.04 Å². The molecule has 1 aromatic heterocycles. The summed E-state index contributed by atoms with van der Waals surface area (Å²) in [6.45, 7) is 10.3. The first-order valence-electron chi connectivity index (χ1n) is 11.3. The summed E-state index contributed by atoms with van der Waals surface area (Å²) in [6.07, 6.45) is 24.1. The first kappa shape index (κ1) is 22.3. The van der Waals surface area contributed by atoms with Crippen molar-refractivity contribution in [1.82, 2.24) is 4.57 Å². The van der Waals surface area contributed by atoms with Crippen molar-refractivity contribution in [2.75, 3.05) is 0 Å². The molecule has 1 aromatic rings. The third kappa shape index (κ3) is 9.47. The summed E-state index contributed by atoms with van der Waals surface area (Å²) in [5.74, 6) is 1.51. The van der Waals surface area contributed by atoms with Gasteiger partial charge in [-0.15, -0.1) is 0 Å². The highest BCUT2D eigenvalue weighted by atomic mass is 15.2. The van der Waals surface area contributed by atoms with E-state index in [9.17, 15) is 0 Å². The first-order valence-corrected chi connectivity index (χ1v) is 11.3. The molecule has 0 aliphatic heterocycles. The van der Waals surface area contributed by atoms with Crippen LogP contribution in [0.3, 0.4) is 0 Å². The van der Waals surface area contributed by atoms with Crippen LogP contribution >= 0.6 is 0 Å². The standard InChI is InChI=1S/C23H45N2/c1-5-7-8-9-10-11-12-13-14-15-16-17-19-24-20-21-25(22(3)4)23(24)18-6-2/h20-22H,5-19H2,1-4H3/q+1. The van der Waals surface area contributed by atoms with Crippen LogP contribution in [0.2, 0.25) is 0 Å². The molecular weight excluding hydrogens is 304 g/mol. The fraction of sp³-hybridized carbons (Fsp3) is 0.870. The number of aryl methyl sites for hydroxylation is 1. The molecule has 0 atom stereocenters. The van der Waals surface area contributed by atoms with E-state index in [-0.39, 0.29) is 0 Å². The van der Waals surface area contributed by atoms with Crippen LogP contribution in [0.5, 0.6) is 0 Å². The molecule has 0 amide bonds. The number of aromatic nitrogens is 2. The zero-order chi connectivity index (χ0) is 18.3. The van der Waals surface area contributed by atoms with Crippen molar-refractivity contribution in [1.29, 1.82) is 0 Å². The third-order valence-corrected chi connectivity index (χ3v) is 5.32. The molecule has 0 radical (unpaired) electrons. The van der Waals surface area contributed by atoms with E-state index in [1.807, 2.05) is 0 Å². The van der Waals surface area contributed by atoms with Gasteiger partial charge in [0.25, 0.3) is 5.82 Å². The minimum atomic E-state index is 0.574. The van der Waals surface area contributed by atoms with Gasteiger partial charge in [0.1, 0.15) is 12.4 Å². The van der Waals surface area contributed by atoms with Gasteiger partial charge >= 0.3 is 0 Å². The Bertz CT molecular complexity index is 420. The third-order valence-electron chi connectivity index (χ3n) is 5.32. The molecule has 1 heterocycles. The largest absolute Gasteiger partial charge is 0.256 e. The van der Waals surface area contributed by atoms with E-state index < -0.39 is 0 Å². The second-order valence-electron chi connectivity index (χ2n) is 8.05. The molecule has 0 spiro atoms. The maximum absolute atomic E-state index is 2.50. The lowest BCUT2D eigenvalue weighted by molar-refractivity contribution is -0.704. The first-order chi connectivity index (χ1) is 12.2. The maximum Gasteiger partial charge on any atom is 0.256 e. The summed E-state index contributed by atoms with van der Waals surface area (Å²) in [5.41, 5.74) is 0. The second-order valence-corrected chi connectivity index (χ2v) is 8.05. The van der Waals surface area contributed by atoms with E-state index in [1.54, 1.807) is 0 Å². The van der Waals surface area contributed by atoms with Gasteiger partial charge < -0.3 is 0 Å². The van der Waals surface area contributed by atoms with Crippen molar-refractivity contribution in [2.45, 2.75) is 130 Å². The van der Waals surface area contributed by atoms with E-state index in [2.05, 4.69) is 49.2 Å². The Morgan fingerprint density at radius 1 is 0.760 bits per heavy atom. The lowest BCUT2D eigenvalue weighted by Gasteiger charge is -2.07. The molecule has 2 nitrogen and oxygen atoms in total. The number of rotatable bonds is 16. The normalized spacial score (nSPS) is 11.6. The predicted octanol–water partition coefficient (Wildman–Crippen LogP) is 7.01. The van der Waals surface area contributed by atoms with E-state index >= 15 is 0 Å². The number of nitrogens with zero attached hydrogens (tertiary/aromatic N) is 2. The molecule has 146 valence electrons. The highest BCUT2D eigenvalue weighted by molar-refractivity contribution is 4.86. The zero-order valence-electron chi connectivity index (χ0n) is 17.7. The van der Waals surface area contributed by atoms with Gasteiger partial charge in [-0.1, -0.05) is 78.1 Å². The Kier molecular flexibility index (Phi) is 12.8. The summed E-state index contributed by atoms with van der Waals surface area (Å²) in [7, 11) is 0. The van der Waals surface area contributed by atoms with Gasteiger partial charge in [-0.25, -0.2) is 9.13 Å². The Morgan fingerprint density at radius 3 is 1.76 bits per heavy atom. The number of unbranched alkanes of at least 4 members (excludes halogenated alkanes) is 11. The van der Waals surface area contributed by atoms with Crippen LogP contribution in [0.15, 0.2) is 12.4 Å². The lowest BCUT2D eigenvalue weighted by Crippen LogP contribution is -2.37. The second kappa shape index (κ2) is 14.4. The van der Waals surface area contributed by atoms with Crippen LogP contribution in [0.4, 0.5) is 0 Å². The molecule has 0 saturated heterocycles. The monoisotopic (exact) mass is 349 g/mol. The van der Waals surface area contributed by atoms with Gasteiger partial charge in [0.15, 0.2) is 0 Å². The van der Waals surface area contributed by atoms with Crippen LogP contribution in [0.25, 0.3) is 0 Å². The van der Waals surface area contributed by atoms with Crippen LogP contribution in [-0.2, 0) is 13.0 Å². The Morgan fingerprint density at radius 2 is 1.28 bits per heavy atom. The van der Waals surface area contributed by atoms with Crippen molar-refractivity contribution in [3.8, 4) is 0 Å². The fourth-order valence-electron chi connectivity index (χ4n) is 3.77. The predicted molar refractivity (Wildman–Crippen MR) is 110 cm³/mol. The molecule has 0 N–H and O–H groups in total. The maximum atomic E-state index is 2.50. The molecule has 1 rings (SSSR count). The molecule has 0 aliphatic carbocycles. The minimum Gasteiger partial charge on any atom is -0.234 e. The van der Waals surface area contributed by atoms with Crippen molar-refractivity contribution >= 4 is 0 Å².